The van der Waals surface area contributed by atoms with Crippen molar-refractivity contribution in [1.29, 1.82) is 0 Å². The third-order valence-electron chi connectivity index (χ3n) is 3.95. The van der Waals surface area contributed by atoms with Gasteiger partial charge in [0.25, 0.3) is 5.56 Å². The zero-order valence-electron chi connectivity index (χ0n) is 11.8. The van der Waals surface area contributed by atoms with E-state index < -0.39 is 5.60 Å². The highest BCUT2D eigenvalue weighted by Gasteiger charge is 2.27. The molecule has 1 aliphatic heterocycles. The molecule has 3 rings (SSSR count). The normalized spacial score (nSPS) is 19.6. The number of nitrogens with zero attached hydrogens (tertiary/aromatic N) is 3. The van der Waals surface area contributed by atoms with Gasteiger partial charge < -0.3 is 5.11 Å². The number of hydrogen-bond donors (Lipinski definition) is 1. The Kier molecular flexibility index (Phi) is 3.40. The van der Waals surface area contributed by atoms with Gasteiger partial charge in [-0.3, -0.25) is 14.1 Å². The molecule has 0 amide bonds. The van der Waals surface area contributed by atoms with E-state index in [1.165, 1.54) is 11.3 Å². The van der Waals surface area contributed by atoms with E-state index in [2.05, 4.69) is 9.88 Å². The van der Waals surface area contributed by atoms with E-state index in [1.54, 1.807) is 10.5 Å². The number of hydrogen-bond acceptors (Lipinski definition) is 5. The number of fused-ring (bicyclic) bond motifs is 1. The second kappa shape index (κ2) is 4.95. The van der Waals surface area contributed by atoms with E-state index in [4.69, 9.17) is 0 Å². The number of rotatable bonds is 2. The molecule has 5 nitrogen and oxygen atoms in total. The Bertz CT molecular complexity index is 679. The molecule has 0 bridgehead atoms. The minimum Gasteiger partial charge on any atom is -0.390 e. The van der Waals surface area contributed by atoms with Crippen molar-refractivity contribution in [2.45, 2.75) is 38.8 Å². The Morgan fingerprint density at radius 1 is 1.45 bits per heavy atom. The van der Waals surface area contributed by atoms with Crippen LogP contribution in [0.25, 0.3) is 4.96 Å². The molecule has 0 aliphatic carbocycles. The molecule has 3 heterocycles. The molecular weight excluding hydrogens is 274 g/mol. The fraction of sp³-hybridized carbons (Fsp3) is 0.571. The SMILES string of the molecule is Cc1csc2nc(CN3CCC(C)(O)CC3)cc(=O)n12. The Hall–Kier alpha value is -1.24. The summed E-state index contributed by atoms with van der Waals surface area (Å²) in [5.74, 6) is 0. The molecule has 1 saturated heterocycles. The van der Waals surface area contributed by atoms with Crippen molar-refractivity contribution in [3.05, 3.63) is 33.2 Å². The summed E-state index contributed by atoms with van der Waals surface area (Å²) >= 11 is 1.50. The minimum absolute atomic E-state index is 0.00671. The van der Waals surface area contributed by atoms with Crippen molar-refractivity contribution in [2.24, 2.45) is 0 Å². The van der Waals surface area contributed by atoms with Crippen LogP contribution in [-0.2, 0) is 6.54 Å². The van der Waals surface area contributed by atoms with Gasteiger partial charge in [0.2, 0.25) is 0 Å². The van der Waals surface area contributed by atoms with Crippen LogP contribution in [0, 0.1) is 6.92 Å². The number of aromatic nitrogens is 2. The van der Waals surface area contributed by atoms with Crippen LogP contribution in [-0.4, -0.2) is 38.1 Å². The molecule has 1 aliphatic rings. The molecule has 0 spiro atoms. The van der Waals surface area contributed by atoms with Gasteiger partial charge in [-0.1, -0.05) is 0 Å². The van der Waals surface area contributed by atoms with Gasteiger partial charge in [0.15, 0.2) is 4.96 Å². The quantitative estimate of drug-likeness (QED) is 0.909. The molecular formula is C14H19N3O2S. The van der Waals surface area contributed by atoms with E-state index in [0.29, 0.717) is 6.54 Å². The molecule has 20 heavy (non-hydrogen) atoms. The number of aryl methyl sites for hydroxylation is 1. The molecule has 1 fully saturated rings. The lowest BCUT2D eigenvalue weighted by Gasteiger charge is -2.35. The van der Waals surface area contributed by atoms with Gasteiger partial charge >= 0.3 is 0 Å². The highest BCUT2D eigenvalue weighted by atomic mass is 32.1. The van der Waals surface area contributed by atoms with Gasteiger partial charge in [-0.05, 0) is 26.7 Å². The average molecular weight is 293 g/mol. The molecule has 0 unspecified atom stereocenters. The topological polar surface area (TPSA) is 57.8 Å². The molecule has 0 aromatic carbocycles. The summed E-state index contributed by atoms with van der Waals surface area (Å²) in [5, 5.41) is 11.9. The third kappa shape index (κ3) is 2.63. The van der Waals surface area contributed by atoms with Crippen molar-refractivity contribution in [1.82, 2.24) is 14.3 Å². The Morgan fingerprint density at radius 2 is 2.15 bits per heavy atom. The predicted octanol–water partition coefficient (Wildman–Crippen LogP) is 1.41. The van der Waals surface area contributed by atoms with Crippen LogP contribution in [0.2, 0.25) is 0 Å². The standard InChI is InChI=1S/C14H19N3O2S/c1-10-9-20-13-15-11(7-12(18)17(10)13)8-16-5-3-14(2,19)4-6-16/h7,9,19H,3-6,8H2,1-2H3. The largest absolute Gasteiger partial charge is 0.390 e. The minimum atomic E-state index is -0.543. The van der Waals surface area contributed by atoms with E-state index in [0.717, 1.165) is 42.3 Å². The van der Waals surface area contributed by atoms with Crippen LogP contribution in [0.1, 0.15) is 31.2 Å². The van der Waals surface area contributed by atoms with Crippen LogP contribution >= 0.6 is 11.3 Å². The van der Waals surface area contributed by atoms with E-state index in [9.17, 15) is 9.90 Å². The molecule has 0 radical (unpaired) electrons. The molecule has 2 aromatic heterocycles. The summed E-state index contributed by atoms with van der Waals surface area (Å²) in [5.41, 5.74) is 1.20. The Morgan fingerprint density at radius 3 is 2.85 bits per heavy atom. The average Bonchev–Trinajstić information content (AvgIpc) is 2.74. The maximum atomic E-state index is 12.1. The zero-order valence-corrected chi connectivity index (χ0v) is 12.6. The van der Waals surface area contributed by atoms with Gasteiger partial charge in [0, 0.05) is 36.8 Å². The van der Waals surface area contributed by atoms with Crippen molar-refractivity contribution in [2.75, 3.05) is 13.1 Å². The zero-order chi connectivity index (χ0) is 14.3. The van der Waals surface area contributed by atoms with E-state index in [1.807, 2.05) is 19.2 Å². The number of aliphatic hydroxyl groups is 1. The van der Waals surface area contributed by atoms with Crippen LogP contribution in [0.15, 0.2) is 16.2 Å². The first-order chi connectivity index (χ1) is 9.44. The molecule has 1 N–H and O–H groups in total. The van der Waals surface area contributed by atoms with Crippen LogP contribution in [0.3, 0.4) is 0 Å². The van der Waals surface area contributed by atoms with Gasteiger partial charge in [-0.2, -0.15) is 0 Å². The van der Waals surface area contributed by atoms with Gasteiger partial charge in [0.1, 0.15) is 0 Å². The molecule has 108 valence electrons. The van der Waals surface area contributed by atoms with E-state index in [-0.39, 0.29) is 5.56 Å². The molecule has 6 heteroatoms. The van der Waals surface area contributed by atoms with Crippen LogP contribution in [0.4, 0.5) is 0 Å². The fourth-order valence-corrected chi connectivity index (χ4v) is 3.49. The molecule has 2 aromatic rings. The lowest BCUT2D eigenvalue weighted by atomic mass is 9.94. The predicted molar refractivity (Wildman–Crippen MR) is 79.2 cm³/mol. The maximum absolute atomic E-state index is 12.1. The summed E-state index contributed by atoms with van der Waals surface area (Å²) in [6.07, 6.45) is 1.54. The van der Waals surface area contributed by atoms with Crippen LogP contribution in [0.5, 0.6) is 0 Å². The summed E-state index contributed by atoms with van der Waals surface area (Å²) in [7, 11) is 0. The van der Waals surface area contributed by atoms with Gasteiger partial charge in [0.05, 0.1) is 11.3 Å². The second-order valence-corrected chi connectivity index (χ2v) is 6.69. The number of thiazole rings is 1. The molecule has 0 atom stereocenters. The van der Waals surface area contributed by atoms with Crippen molar-refractivity contribution in [3.63, 3.8) is 0 Å². The van der Waals surface area contributed by atoms with Gasteiger partial charge in [-0.25, -0.2) is 4.98 Å². The monoisotopic (exact) mass is 293 g/mol. The van der Waals surface area contributed by atoms with Gasteiger partial charge in [-0.15, -0.1) is 11.3 Å². The van der Waals surface area contributed by atoms with E-state index >= 15 is 0 Å². The number of likely N-dealkylation sites (tertiary alicyclic amines) is 1. The summed E-state index contributed by atoms with van der Waals surface area (Å²) in [6.45, 7) is 6.17. The molecule has 0 saturated carbocycles. The second-order valence-electron chi connectivity index (χ2n) is 5.85. The number of piperidine rings is 1. The summed E-state index contributed by atoms with van der Waals surface area (Å²) < 4.78 is 1.65. The summed E-state index contributed by atoms with van der Waals surface area (Å²) in [6, 6.07) is 1.62. The Labute approximate surface area is 121 Å². The van der Waals surface area contributed by atoms with Crippen molar-refractivity contribution in [3.8, 4) is 0 Å². The lowest BCUT2D eigenvalue weighted by molar-refractivity contribution is -0.00757. The smallest absolute Gasteiger partial charge is 0.259 e. The third-order valence-corrected chi connectivity index (χ3v) is 4.89. The first-order valence-electron chi connectivity index (χ1n) is 6.86. The highest BCUT2D eigenvalue weighted by molar-refractivity contribution is 7.15. The lowest BCUT2D eigenvalue weighted by Crippen LogP contribution is -2.42. The Balaban J connectivity index is 1.80. The van der Waals surface area contributed by atoms with Crippen molar-refractivity contribution < 1.29 is 5.11 Å². The fourth-order valence-electron chi connectivity index (χ4n) is 2.60. The summed E-state index contributed by atoms with van der Waals surface area (Å²) in [4.78, 5) is 19.7. The first kappa shape index (κ1) is 13.7. The van der Waals surface area contributed by atoms with Crippen molar-refractivity contribution >= 4 is 16.3 Å². The highest BCUT2D eigenvalue weighted by Crippen LogP contribution is 2.22. The maximum Gasteiger partial charge on any atom is 0.259 e. The van der Waals surface area contributed by atoms with Crippen LogP contribution < -0.4 is 5.56 Å². The first-order valence-corrected chi connectivity index (χ1v) is 7.74.